The molecule has 4 rings (SSSR count). The number of nitrogens with two attached hydrogens (primary N) is 1. The summed E-state index contributed by atoms with van der Waals surface area (Å²) in [6.07, 6.45) is -1.62. The lowest BCUT2D eigenvalue weighted by Crippen LogP contribution is -2.09. The van der Waals surface area contributed by atoms with Gasteiger partial charge in [-0.1, -0.05) is 0 Å². The lowest BCUT2D eigenvalue weighted by atomic mass is 10.2. The predicted molar refractivity (Wildman–Crippen MR) is 105 cm³/mol. The van der Waals surface area contributed by atoms with Crippen LogP contribution in [0.25, 0.3) is 17.0 Å². The Morgan fingerprint density at radius 3 is 2.55 bits per heavy atom. The van der Waals surface area contributed by atoms with Gasteiger partial charge in [0.25, 0.3) is 0 Å². The number of halogens is 3. The van der Waals surface area contributed by atoms with Crippen molar-refractivity contribution in [3.63, 3.8) is 0 Å². The molecule has 3 aromatic heterocycles. The predicted octanol–water partition coefficient (Wildman–Crippen LogP) is 3.89. The SMILES string of the molecule is Cc1nc2cc(C(F)(F)F)ccn2c1-c1ccnc(Nc2ccc(C(=O)ON)cc2)n1. The van der Waals surface area contributed by atoms with Crippen LogP contribution in [0.15, 0.2) is 54.9 Å². The van der Waals surface area contributed by atoms with Crippen molar-refractivity contribution >= 4 is 23.3 Å². The van der Waals surface area contributed by atoms with Crippen LogP contribution in [-0.4, -0.2) is 25.3 Å². The maximum absolute atomic E-state index is 13.0. The molecule has 1 aromatic carbocycles. The fourth-order valence-corrected chi connectivity index (χ4v) is 3.08. The highest BCUT2D eigenvalue weighted by molar-refractivity contribution is 5.89. The molecule has 0 aliphatic heterocycles. The van der Waals surface area contributed by atoms with E-state index in [-0.39, 0.29) is 17.2 Å². The summed E-state index contributed by atoms with van der Waals surface area (Å²) in [7, 11) is 0. The van der Waals surface area contributed by atoms with Gasteiger partial charge in [0, 0.05) is 18.1 Å². The van der Waals surface area contributed by atoms with Crippen LogP contribution in [0.5, 0.6) is 0 Å². The zero-order valence-corrected chi connectivity index (χ0v) is 16.0. The highest BCUT2D eigenvalue weighted by Crippen LogP contribution is 2.31. The van der Waals surface area contributed by atoms with Crippen molar-refractivity contribution in [2.45, 2.75) is 13.1 Å². The number of alkyl halides is 3. The van der Waals surface area contributed by atoms with Crippen molar-refractivity contribution < 1.29 is 22.8 Å². The molecule has 3 N–H and O–H groups in total. The molecule has 0 saturated heterocycles. The standard InChI is InChI=1S/C20H15F3N6O2/c1-11-17(29-9-7-13(20(21,22)23)10-16(29)26-11)15-6-8-25-19(28-15)27-14-4-2-12(3-5-14)18(30)31-24/h2-10H,24H2,1H3,(H,25,27,28). The number of aryl methyl sites for hydroxylation is 1. The number of hydrogen-bond donors (Lipinski definition) is 2. The van der Waals surface area contributed by atoms with E-state index >= 15 is 0 Å². The normalized spacial score (nSPS) is 11.5. The second-order valence-electron chi connectivity index (χ2n) is 6.56. The number of benzene rings is 1. The average Bonchev–Trinajstić information content (AvgIpc) is 3.08. The van der Waals surface area contributed by atoms with Crippen LogP contribution in [0.3, 0.4) is 0 Å². The fourth-order valence-electron chi connectivity index (χ4n) is 3.08. The first kappa shape index (κ1) is 20.3. The Morgan fingerprint density at radius 2 is 1.87 bits per heavy atom. The first-order chi connectivity index (χ1) is 14.8. The largest absolute Gasteiger partial charge is 0.416 e. The number of nitrogens with zero attached hydrogens (tertiary/aromatic N) is 4. The molecule has 0 unspecified atom stereocenters. The molecular weight excluding hydrogens is 413 g/mol. The topological polar surface area (TPSA) is 107 Å². The molecule has 4 aromatic rings. The minimum absolute atomic E-state index is 0.165. The third kappa shape index (κ3) is 4.03. The number of nitrogens with one attached hydrogen (secondary N) is 1. The quantitative estimate of drug-likeness (QED) is 0.475. The molecule has 0 aliphatic carbocycles. The molecule has 31 heavy (non-hydrogen) atoms. The molecule has 0 fully saturated rings. The Bertz CT molecular complexity index is 1270. The van der Waals surface area contributed by atoms with Crippen molar-refractivity contribution in [3.05, 3.63) is 71.7 Å². The minimum Gasteiger partial charge on any atom is -0.370 e. The highest BCUT2D eigenvalue weighted by Gasteiger charge is 2.31. The molecule has 8 nitrogen and oxygen atoms in total. The van der Waals surface area contributed by atoms with Gasteiger partial charge in [-0.2, -0.15) is 19.1 Å². The number of anilines is 2. The van der Waals surface area contributed by atoms with E-state index in [0.717, 1.165) is 12.1 Å². The molecule has 0 saturated carbocycles. The maximum Gasteiger partial charge on any atom is 0.416 e. The molecule has 0 aliphatic rings. The molecular formula is C20H15F3N6O2. The Hall–Kier alpha value is -3.99. The summed E-state index contributed by atoms with van der Waals surface area (Å²) >= 11 is 0. The number of imidazole rings is 1. The van der Waals surface area contributed by atoms with Gasteiger partial charge in [0.1, 0.15) is 5.65 Å². The Kier molecular flexibility index (Phi) is 5.03. The lowest BCUT2D eigenvalue weighted by Gasteiger charge is -2.09. The van der Waals surface area contributed by atoms with Crippen molar-refractivity contribution in [1.82, 2.24) is 19.4 Å². The number of hydrogen-bond acceptors (Lipinski definition) is 7. The molecule has 0 bridgehead atoms. The van der Waals surface area contributed by atoms with E-state index in [1.165, 1.54) is 24.5 Å². The summed E-state index contributed by atoms with van der Waals surface area (Å²) in [6.45, 7) is 1.69. The first-order valence-electron chi connectivity index (χ1n) is 8.94. The summed E-state index contributed by atoms with van der Waals surface area (Å²) in [6, 6.07) is 9.92. The molecule has 11 heteroatoms. The van der Waals surface area contributed by atoms with Crippen LogP contribution in [0, 0.1) is 6.92 Å². The van der Waals surface area contributed by atoms with Crippen molar-refractivity contribution in [2.75, 3.05) is 5.32 Å². The third-order valence-electron chi connectivity index (χ3n) is 4.51. The highest BCUT2D eigenvalue weighted by atomic mass is 19.4. The molecule has 158 valence electrons. The minimum atomic E-state index is -4.45. The van der Waals surface area contributed by atoms with Crippen LogP contribution < -0.4 is 11.2 Å². The zero-order chi connectivity index (χ0) is 22.2. The number of aromatic nitrogens is 4. The maximum atomic E-state index is 13.0. The van der Waals surface area contributed by atoms with Gasteiger partial charge in [-0.05, 0) is 49.4 Å². The average molecular weight is 428 g/mol. The molecule has 3 heterocycles. The number of pyridine rings is 1. The van der Waals surface area contributed by atoms with E-state index in [2.05, 4.69) is 25.1 Å². The van der Waals surface area contributed by atoms with Crippen LogP contribution in [0.2, 0.25) is 0 Å². The van der Waals surface area contributed by atoms with E-state index in [9.17, 15) is 18.0 Å². The summed E-state index contributed by atoms with van der Waals surface area (Å²) in [5, 5.41) is 3.00. The van der Waals surface area contributed by atoms with E-state index in [1.807, 2.05) is 0 Å². The fraction of sp³-hybridized carbons (Fsp3) is 0.100. The molecule has 0 spiro atoms. The van der Waals surface area contributed by atoms with Crippen molar-refractivity contribution in [3.8, 4) is 11.4 Å². The van der Waals surface area contributed by atoms with Crippen LogP contribution in [0.1, 0.15) is 21.6 Å². The zero-order valence-electron chi connectivity index (χ0n) is 16.0. The molecule has 0 radical (unpaired) electrons. The van der Waals surface area contributed by atoms with Gasteiger partial charge in [-0.3, -0.25) is 4.40 Å². The second-order valence-corrected chi connectivity index (χ2v) is 6.56. The Morgan fingerprint density at radius 1 is 1.13 bits per heavy atom. The van der Waals surface area contributed by atoms with E-state index in [0.29, 0.717) is 22.8 Å². The Labute approximate surface area is 173 Å². The van der Waals surface area contributed by atoms with Crippen LogP contribution in [-0.2, 0) is 11.0 Å². The number of carbonyl (C=O) groups is 1. The second kappa shape index (κ2) is 7.69. The first-order valence-corrected chi connectivity index (χ1v) is 8.94. The monoisotopic (exact) mass is 428 g/mol. The number of carbonyl (C=O) groups excluding carboxylic acids is 1. The van der Waals surface area contributed by atoms with Crippen molar-refractivity contribution in [1.29, 1.82) is 0 Å². The summed E-state index contributed by atoms with van der Waals surface area (Å²) in [5.41, 5.74) is 1.83. The van der Waals surface area contributed by atoms with Gasteiger partial charge in [0.2, 0.25) is 5.95 Å². The van der Waals surface area contributed by atoms with E-state index in [1.54, 1.807) is 29.5 Å². The van der Waals surface area contributed by atoms with Gasteiger partial charge >= 0.3 is 12.1 Å². The summed E-state index contributed by atoms with van der Waals surface area (Å²) < 4.78 is 40.5. The van der Waals surface area contributed by atoms with Crippen molar-refractivity contribution in [2.24, 2.45) is 5.90 Å². The smallest absolute Gasteiger partial charge is 0.370 e. The molecule has 0 amide bonds. The number of fused-ring (bicyclic) bond motifs is 1. The Balaban J connectivity index is 1.66. The van der Waals surface area contributed by atoms with Gasteiger partial charge in [-0.25, -0.2) is 19.7 Å². The lowest BCUT2D eigenvalue weighted by molar-refractivity contribution is -0.137. The van der Waals surface area contributed by atoms with E-state index in [4.69, 9.17) is 5.90 Å². The van der Waals surface area contributed by atoms with Crippen LogP contribution >= 0.6 is 0 Å². The van der Waals surface area contributed by atoms with Gasteiger partial charge in [0.15, 0.2) is 0 Å². The number of rotatable bonds is 4. The van der Waals surface area contributed by atoms with Gasteiger partial charge < -0.3 is 10.2 Å². The van der Waals surface area contributed by atoms with Gasteiger partial charge in [-0.15, -0.1) is 0 Å². The van der Waals surface area contributed by atoms with Gasteiger partial charge in [0.05, 0.1) is 28.2 Å². The summed E-state index contributed by atoms with van der Waals surface area (Å²) in [4.78, 5) is 28.4. The molecule has 0 atom stereocenters. The van der Waals surface area contributed by atoms with E-state index < -0.39 is 17.7 Å². The summed E-state index contributed by atoms with van der Waals surface area (Å²) in [5.74, 6) is 4.45. The van der Waals surface area contributed by atoms with Crippen LogP contribution in [0.4, 0.5) is 24.8 Å². The third-order valence-corrected chi connectivity index (χ3v) is 4.51.